The molecule has 2 heterocycles. The summed E-state index contributed by atoms with van der Waals surface area (Å²) in [5.74, 6) is 0.612. The first-order valence-corrected chi connectivity index (χ1v) is 8.19. The third kappa shape index (κ3) is 2.37. The second-order valence-corrected chi connectivity index (χ2v) is 6.21. The van der Waals surface area contributed by atoms with Crippen molar-refractivity contribution in [2.24, 2.45) is 0 Å². The summed E-state index contributed by atoms with van der Waals surface area (Å²) in [7, 11) is 0. The maximum Gasteiger partial charge on any atom is 0.180 e. The number of benzene rings is 1. The molecule has 24 heavy (non-hydrogen) atoms. The topological polar surface area (TPSA) is 67.0 Å². The molecule has 5 nitrogen and oxygen atoms in total. The normalized spacial score (nSPS) is 20.1. The first-order valence-electron chi connectivity index (χ1n) is 8.19. The van der Waals surface area contributed by atoms with Gasteiger partial charge in [0.25, 0.3) is 0 Å². The van der Waals surface area contributed by atoms with Gasteiger partial charge in [-0.25, -0.2) is 4.98 Å². The number of pyridine rings is 1. The summed E-state index contributed by atoms with van der Waals surface area (Å²) in [6.07, 6.45) is 2.45. The number of aliphatic hydroxyl groups is 2. The van der Waals surface area contributed by atoms with Crippen LogP contribution in [-0.4, -0.2) is 25.7 Å². The first-order chi connectivity index (χ1) is 11.7. The van der Waals surface area contributed by atoms with Crippen LogP contribution < -0.4 is 4.74 Å². The van der Waals surface area contributed by atoms with E-state index in [1.165, 1.54) is 5.56 Å². The summed E-state index contributed by atoms with van der Waals surface area (Å²) in [5.41, 5.74) is 4.44. The molecule has 2 N–H and O–H groups in total. The number of imidazole rings is 1. The number of fused-ring (bicyclic) bond motifs is 2. The van der Waals surface area contributed by atoms with Crippen LogP contribution in [0.5, 0.6) is 5.75 Å². The Hall–Kier alpha value is -2.37. The van der Waals surface area contributed by atoms with E-state index in [1.807, 2.05) is 47.9 Å². The van der Waals surface area contributed by atoms with Crippen molar-refractivity contribution in [3.8, 4) is 5.75 Å². The van der Waals surface area contributed by atoms with Crippen LogP contribution in [0.15, 0.2) is 42.6 Å². The van der Waals surface area contributed by atoms with Crippen molar-refractivity contribution in [2.45, 2.75) is 38.6 Å². The van der Waals surface area contributed by atoms with Gasteiger partial charge in [0, 0.05) is 6.20 Å². The molecule has 0 saturated carbocycles. The summed E-state index contributed by atoms with van der Waals surface area (Å²) in [5, 5.41) is 20.0. The number of aromatic nitrogens is 2. The molecule has 0 radical (unpaired) electrons. The van der Waals surface area contributed by atoms with E-state index < -0.39 is 12.2 Å². The zero-order valence-corrected chi connectivity index (χ0v) is 13.5. The smallest absolute Gasteiger partial charge is 0.180 e. The van der Waals surface area contributed by atoms with Crippen molar-refractivity contribution in [3.63, 3.8) is 0 Å². The number of rotatable bonds is 3. The van der Waals surface area contributed by atoms with E-state index in [9.17, 15) is 10.2 Å². The van der Waals surface area contributed by atoms with Gasteiger partial charge in [-0.15, -0.1) is 0 Å². The summed E-state index contributed by atoms with van der Waals surface area (Å²) in [6, 6.07) is 11.8. The molecule has 0 amide bonds. The number of aryl methyl sites for hydroxylation is 2. The average molecular weight is 324 g/mol. The van der Waals surface area contributed by atoms with Crippen molar-refractivity contribution in [3.05, 3.63) is 65.1 Å². The van der Waals surface area contributed by atoms with E-state index in [-0.39, 0.29) is 6.61 Å². The lowest BCUT2D eigenvalue weighted by Gasteiger charge is -2.30. The van der Waals surface area contributed by atoms with Gasteiger partial charge in [0.2, 0.25) is 0 Å². The fourth-order valence-electron chi connectivity index (χ4n) is 3.47. The Morgan fingerprint density at radius 1 is 1.25 bits per heavy atom. The van der Waals surface area contributed by atoms with Gasteiger partial charge in [-0.1, -0.05) is 24.3 Å². The zero-order chi connectivity index (χ0) is 16.7. The molecule has 4 rings (SSSR count). The Morgan fingerprint density at radius 3 is 2.92 bits per heavy atom. The lowest BCUT2D eigenvalue weighted by molar-refractivity contribution is 0.0233. The number of ether oxygens (including phenoxy) is 1. The number of hydrogen-bond acceptors (Lipinski definition) is 4. The summed E-state index contributed by atoms with van der Waals surface area (Å²) < 4.78 is 8.04. The highest BCUT2D eigenvalue weighted by Crippen LogP contribution is 2.35. The quantitative estimate of drug-likeness (QED) is 0.777. The first kappa shape index (κ1) is 15.2. The summed E-state index contributed by atoms with van der Waals surface area (Å²) >= 11 is 0. The molecule has 2 atom stereocenters. The van der Waals surface area contributed by atoms with E-state index >= 15 is 0 Å². The van der Waals surface area contributed by atoms with Crippen LogP contribution in [-0.2, 0) is 13.0 Å². The highest BCUT2D eigenvalue weighted by Gasteiger charge is 2.30. The lowest BCUT2D eigenvalue weighted by Crippen LogP contribution is -2.29. The minimum atomic E-state index is -0.548. The van der Waals surface area contributed by atoms with Crippen LogP contribution in [0.3, 0.4) is 0 Å². The Morgan fingerprint density at radius 2 is 2.08 bits per heavy atom. The van der Waals surface area contributed by atoms with Gasteiger partial charge in [-0.05, 0) is 43.0 Å². The SMILES string of the molecule is Cc1nc2c(O[C@@H]3c4ccccc4CC[C@H]3O)cccn2c1CO. The molecule has 0 aliphatic heterocycles. The zero-order valence-electron chi connectivity index (χ0n) is 13.5. The van der Waals surface area contributed by atoms with E-state index in [2.05, 4.69) is 11.1 Å². The van der Waals surface area contributed by atoms with Crippen LogP contribution in [0.2, 0.25) is 0 Å². The predicted octanol–water partition coefficient (Wildman–Crippen LogP) is 2.56. The maximum absolute atomic E-state index is 10.5. The molecule has 124 valence electrons. The Kier molecular flexibility index (Phi) is 3.75. The second-order valence-electron chi connectivity index (χ2n) is 6.21. The summed E-state index contributed by atoms with van der Waals surface area (Å²) in [4.78, 5) is 4.53. The fraction of sp³-hybridized carbons (Fsp3) is 0.316. The Labute approximate surface area is 140 Å². The Bertz CT molecular complexity index is 887. The number of aliphatic hydroxyl groups excluding tert-OH is 2. The minimum absolute atomic E-state index is 0.0780. The molecule has 5 heteroatoms. The van der Waals surface area contributed by atoms with Crippen LogP contribution in [0.1, 0.15) is 35.0 Å². The van der Waals surface area contributed by atoms with E-state index in [1.54, 1.807) is 0 Å². The highest BCUT2D eigenvalue weighted by atomic mass is 16.5. The molecule has 0 unspecified atom stereocenters. The van der Waals surface area contributed by atoms with Gasteiger partial charge < -0.3 is 14.9 Å². The van der Waals surface area contributed by atoms with Crippen LogP contribution in [0.25, 0.3) is 5.65 Å². The van der Waals surface area contributed by atoms with Gasteiger partial charge in [0.05, 0.1) is 24.1 Å². The van der Waals surface area contributed by atoms with Gasteiger partial charge in [-0.2, -0.15) is 0 Å². The second kappa shape index (κ2) is 5.92. The van der Waals surface area contributed by atoms with Crippen molar-refractivity contribution in [1.82, 2.24) is 9.38 Å². The van der Waals surface area contributed by atoms with Crippen LogP contribution >= 0.6 is 0 Å². The van der Waals surface area contributed by atoms with Crippen molar-refractivity contribution in [2.75, 3.05) is 0 Å². The molecule has 3 aromatic rings. The molecule has 0 spiro atoms. The summed E-state index contributed by atoms with van der Waals surface area (Å²) in [6.45, 7) is 1.79. The van der Waals surface area contributed by atoms with Crippen molar-refractivity contribution in [1.29, 1.82) is 0 Å². The molecule has 1 aliphatic rings. The van der Waals surface area contributed by atoms with Gasteiger partial charge in [0.1, 0.15) is 6.10 Å². The van der Waals surface area contributed by atoms with E-state index in [4.69, 9.17) is 4.74 Å². The van der Waals surface area contributed by atoms with Gasteiger partial charge in [-0.3, -0.25) is 4.40 Å². The largest absolute Gasteiger partial charge is 0.479 e. The number of hydrogen-bond donors (Lipinski definition) is 2. The van der Waals surface area contributed by atoms with E-state index in [0.717, 1.165) is 23.4 Å². The minimum Gasteiger partial charge on any atom is -0.479 e. The molecular weight excluding hydrogens is 304 g/mol. The van der Waals surface area contributed by atoms with Crippen molar-refractivity contribution >= 4 is 5.65 Å². The molecule has 2 aromatic heterocycles. The third-order valence-corrected chi connectivity index (χ3v) is 4.74. The standard InChI is InChI=1S/C19H20N2O3/c1-12-15(11-22)21-10-4-7-17(19(21)20-12)24-18-14-6-3-2-5-13(14)8-9-16(18)23/h2-7,10,16,18,22-23H,8-9,11H2,1H3/t16-,18-/m1/s1. The molecular formula is C19H20N2O3. The fourth-order valence-corrected chi connectivity index (χ4v) is 3.47. The van der Waals surface area contributed by atoms with Gasteiger partial charge in [0.15, 0.2) is 11.4 Å². The third-order valence-electron chi connectivity index (χ3n) is 4.74. The molecule has 1 aromatic carbocycles. The molecule has 1 aliphatic carbocycles. The predicted molar refractivity (Wildman–Crippen MR) is 90.0 cm³/mol. The number of nitrogens with zero attached hydrogens (tertiary/aromatic N) is 2. The molecule has 0 saturated heterocycles. The monoisotopic (exact) mass is 324 g/mol. The molecule has 0 fully saturated rings. The molecule has 0 bridgehead atoms. The lowest BCUT2D eigenvalue weighted by atomic mass is 9.87. The van der Waals surface area contributed by atoms with Gasteiger partial charge >= 0.3 is 0 Å². The van der Waals surface area contributed by atoms with Crippen LogP contribution in [0, 0.1) is 6.92 Å². The average Bonchev–Trinajstić information content (AvgIpc) is 2.93. The highest BCUT2D eigenvalue weighted by molar-refractivity contribution is 5.56. The van der Waals surface area contributed by atoms with Crippen LogP contribution in [0.4, 0.5) is 0 Å². The Balaban J connectivity index is 1.77. The maximum atomic E-state index is 10.5. The van der Waals surface area contributed by atoms with Crippen molar-refractivity contribution < 1.29 is 14.9 Å². The van der Waals surface area contributed by atoms with E-state index in [0.29, 0.717) is 17.8 Å².